The van der Waals surface area contributed by atoms with Gasteiger partial charge in [-0.05, 0) is 25.0 Å². The molecule has 146 valence electrons. The minimum Gasteiger partial charge on any atom is -0.357 e. The van der Waals surface area contributed by atoms with Gasteiger partial charge in [-0.3, -0.25) is 0 Å². The molecule has 2 rings (SSSR count). The third-order valence-electron chi connectivity index (χ3n) is 4.06. The quantitative estimate of drug-likeness (QED) is 0.519. The van der Waals surface area contributed by atoms with E-state index in [2.05, 4.69) is 15.6 Å². The minimum absolute atomic E-state index is 0.0863. The molecular formula is C16H26N4O4S2. The fraction of sp³-hybridized carbons (Fsp3) is 0.562. The summed E-state index contributed by atoms with van der Waals surface area (Å²) in [6.45, 7) is 2.69. The molecule has 0 saturated carbocycles. The highest BCUT2D eigenvalue weighted by Gasteiger charge is 2.28. The topological polar surface area (TPSA) is 108 Å². The van der Waals surface area contributed by atoms with Gasteiger partial charge in [-0.15, -0.1) is 0 Å². The first-order valence-electron chi connectivity index (χ1n) is 8.41. The first-order chi connectivity index (χ1) is 12.2. The molecule has 0 aliphatic carbocycles. The van der Waals surface area contributed by atoms with Crippen molar-refractivity contribution in [2.45, 2.75) is 30.8 Å². The molecule has 0 radical (unpaired) electrons. The predicted octanol–water partition coefficient (Wildman–Crippen LogP) is 0.179. The molecule has 1 fully saturated rings. The van der Waals surface area contributed by atoms with E-state index in [-0.39, 0.29) is 29.0 Å². The van der Waals surface area contributed by atoms with E-state index >= 15 is 0 Å². The third kappa shape index (κ3) is 5.18. The molecule has 26 heavy (non-hydrogen) atoms. The molecule has 1 aliphatic rings. The minimum atomic E-state index is -3.56. The monoisotopic (exact) mass is 402 g/mol. The van der Waals surface area contributed by atoms with Gasteiger partial charge in [-0.25, -0.2) is 26.1 Å². The van der Waals surface area contributed by atoms with Crippen LogP contribution in [0.1, 0.15) is 18.9 Å². The Morgan fingerprint density at radius 1 is 1.31 bits per heavy atom. The molecular weight excluding hydrogens is 376 g/mol. The Labute approximate surface area is 155 Å². The van der Waals surface area contributed by atoms with E-state index in [1.807, 2.05) is 6.92 Å². The Bertz CT molecular complexity index is 864. The van der Waals surface area contributed by atoms with Gasteiger partial charge in [0.15, 0.2) is 15.8 Å². The molecule has 0 spiro atoms. The summed E-state index contributed by atoms with van der Waals surface area (Å²) in [5.41, 5.74) is 0.581. The SMILES string of the molecule is CCNC(=NCc1ccccc1S(=O)(=O)N(C)C)NC1CCS(=O)(=O)C1. The average Bonchev–Trinajstić information content (AvgIpc) is 2.91. The van der Waals surface area contributed by atoms with Crippen LogP contribution in [0.3, 0.4) is 0 Å². The summed E-state index contributed by atoms with van der Waals surface area (Å²) in [4.78, 5) is 4.66. The molecule has 0 amide bonds. The van der Waals surface area contributed by atoms with Gasteiger partial charge >= 0.3 is 0 Å². The van der Waals surface area contributed by atoms with Crippen molar-refractivity contribution >= 4 is 25.8 Å². The van der Waals surface area contributed by atoms with Gasteiger partial charge in [0.25, 0.3) is 0 Å². The van der Waals surface area contributed by atoms with Crippen molar-refractivity contribution < 1.29 is 16.8 Å². The number of sulfonamides is 1. The Balaban J connectivity index is 2.20. The zero-order valence-electron chi connectivity index (χ0n) is 15.3. The van der Waals surface area contributed by atoms with Crippen molar-refractivity contribution in [2.24, 2.45) is 4.99 Å². The number of nitrogens with one attached hydrogen (secondary N) is 2. The van der Waals surface area contributed by atoms with Crippen molar-refractivity contribution in [1.29, 1.82) is 0 Å². The number of aliphatic imine (C=N–C) groups is 1. The van der Waals surface area contributed by atoms with Crippen molar-refractivity contribution in [3.05, 3.63) is 29.8 Å². The van der Waals surface area contributed by atoms with Gasteiger partial charge in [0, 0.05) is 26.7 Å². The van der Waals surface area contributed by atoms with E-state index in [1.54, 1.807) is 24.3 Å². The van der Waals surface area contributed by atoms with Crippen LogP contribution < -0.4 is 10.6 Å². The summed E-state index contributed by atoms with van der Waals surface area (Å²) < 4.78 is 49.3. The summed E-state index contributed by atoms with van der Waals surface area (Å²) in [6.07, 6.45) is 0.540. The predicted molar refractivity (Wildman–Crippen MR) is 102 cm³/mol. The maximum Gasteiger partial charge on any atom is 0.242 e. The van der Waals surface area contributed by atoms with Crippen molar-refractivity contribution in [3.63, 3.8) is 0 Å². The lowest BCUT2D eigenvalue weighted by molar-refractivity contribution is 0.519. The van der Waals surface area contributed by atoms with Crippen LogP contribution in [0.4, 0.5) is 0 Å². The van der Waals surface area contributed by atoms with Crippen LogP contribution in [-0.2, 0) is 26.4 Å². The molecule has 0 aromatic heterocycles. The molecule has 2 N–H and O–H groups in total. The number of hydrogen-bond acceptors (Lipinski definition) is 5. The second-order valence-corrected chi connectivity index (χ2v) is 10.7. The summed E-state index contributed by atoms with van der Waals surface area (Å²) in [5, 5.41) is 6.20. The lowest BCUT2D eigenvalue weighted by atomic mass is 10.2. The zero-order chi connectivity index (χ0) is 19.4. The zero-order valence-corrected chi connectivity index (χ0v) is 16.9. The molecule has 1 unspecified atom stereocenters. The second kappa shape index (κ2) is 8.36. The van der Waals surface area contributed by atoms with Crippen LogP contribution in [-0.4, -0.2) is 65.3 Å². The summed E-state index contributed by atoms with van der Waals surface area (Å²) in [5.74, 6) is 0.739. The highest BCUT2D eigenvalue weighted by atomic mass is 32.2. The van der Waals surface area contributed by atoms with Crippen molar-refractivity contribution in [3.8, 4) is 0 Å². The van der Waals surface area contributed by atoms with E-state index in [0.717, 1.165) is 0 Å². The molecule has 1 heterocycles. The fourth-order valence-corrected chi connectivity index (χ4v) is 5.45. The molecule has 1 aromatic carbocycles. The number of sulfone groups is 1. The lowest BCUT2D eigenvalue weighted by Gasteiger charge is -2.17. The number of hydrogen-bond donors (Lipinski definition) is 2. The first-order valence-corrected chi connectivity index (χ1v) is 11.7. The van der Waals surface area contributed by atoms with E-state index in [1.165, 1.54) is 18.4 Å². The molecule has 10 heteroatoms. The maximum absolute atomic E-state index is 12.5. The van der Waals surface area contributed by atoms with Crippen LogP contribution in [0.25, 0.3) is 0 Å². The van der Waals surface area contributed by atoms with Crippen molar-refractivity contribution in [2.75, 3.05) is 32.1 Å². The molecule has 8 nitrogen and oxygen atoms in total. The average molecular weight is 403 g/mol. The van der Waals surface area contributed by atoms with Gasteiger partial charge in [0.1, 0.15) is 0 Å². The highest BCUT2D eigenvalue weighted by Crippen LogP contribution is 2.19. The molecule has 1 saturated heterocycles. The Morgan fingerprint density at radius 3 is 2.58 bits per heavy atom. The van der Waals surface area contributed by atoms with Crippen LogP contribution in [0.2, 0.25) is 0 Å². The highest BCUT2D eigenvalue weighted by molar-refractivity contribution is 7.91. The Morgan fingerprint density at radius 2 is 2.00 bits per heavy atom. The molecule has 1 aliphatic heterocycles. The van der Waals surface area contributed by atoms with Gasteiger partial charge in [0.05, 0.1) is 22.9 Å². The summed E-state index contributed by atoms with van der Waals surface area (Å²) >= 11 is 0. The van der Waals surface area contributed by atoms with E-state index < -0.39 is 19.9 Å². The fourth-order valence-electron chi connectivity index (χ4n) is 2.67. The van der Waals surface area contributed by atoms with E-state index in [9.17, 15) is 16.8 Å². The van der Waals surface area contributed by atoms with Gasteiger partial charge < -0.3 is 10.6 Å². The number of benzene rings is 1. The Kier molecular flexibility index (Phi) is 6.64. The maximum atomic E-state index is 12.5. The van der Waals surface area contributed by atoms with Gasteiger partial charge in [0.2, 0.25) is 10.0 Å². The number of rotatable bonds is 6. The van der Waals surface area contributed by atoms with E-state index in [4.69, 9.17) is 0 Å². The molecule has 1 aromatic rings. The number of guanidine groups is 1. The molecule has 1 atom stereocenters. The largest absolute Gasteiger partial charge is 0.357 e. The summed E-state index contributed by atoms with van der Waals surface area (Å²) in [7, 11) is -3.58. The van der Waals surface area contributed by atoms with Crippen LogP contribution in [0, 0.1) is 0 Å². The summed E-state index contributed by atoms with van der Waals surface area (Å²) in [6, 6.07) is 6.55. The van der Waals surface area contributed by atoms with Gasteiger partial charge in [-0.1, -0.05) is 18.2 Å². The van der Waals surface area contributed by atoms with Crippen molar-refractivity contribution in [1.82, 2.24) is 14.9 Å². The molecule has 0 bridgehead atoms. The lowest BCUT2D eigenvalue weighted by Crippen LogP contribution is -2.44. The van der Waals surface area contributed by atoms with E-state index in [0.29, 0.717) is 24.5 Å². The van der Waals surface area contributed by atoms with Crippen LogP contribution >= 0.6 is 0 Å². The second-order valence-electron chi connectivity index (χ2n) is 6.33. The first kappa shape index (κ1) is 20.7. The van der Waals surface area contributed by atoms with Gasteiger partial charge in [-0.2, -0.15) is 0 Å². The standard InChI is InChI=1S/C16H26N4O4S2/c1-4-17-16(19-14-9-10-25(21,22)12-14)18-11-13-7-5-6-8-15(13)26(23,24)20(2)3/h5-8,14H,4,9-12H2,1-3H3,(H2,17,18,19). The van der Waals surface area contributed by atoms with Crippen LogP contribution in [0.15, 0.2) is 34.2 Å². The number of nitrogens with zero attached hydrogens (tertiary/aromatic N) is 2. The third-order valence-corrected chi connectivity index (χ3v) is 7.74. The normalized spacial score (nSPS) is 20.3. The van der Waals surface area contributed by atoms with Crippen LogP contribution in [0.5, 0.6) is 0 Å². The Hall–Kier alpha value is -1.65. The smallest absolute Gasteiger partial charge is 0.242 e.